The minimum atomic E-state index is -0.664. The molecule has 0 spiro atoms. The Kier molecular flexibility index (Phi) is 3.13. The number of nitro groups is 1. The van der Waals surface area contributed by atoms with E-state index in [0.29, 0.717) is 10.0 Å². The fourth-order valence-electron chi connectivity index (χ4n) is 0.890. The molecule has 4 nitrogen and oxygen atoms in total. The lowest BCUT2D eigenvalue weighted by atomic mass is 10.1. The second-order valence-electron chi connectivity index (χ2n) is 2.39. The van der Waals surface area contributed by atoms with Gasteiger partial charge in [-0.15, -0.1) is 0 Å². The highest BCUT2D eigenvalue weighted by molar-refractivity contribution is 9.10. The molecule has 0 saturated heterocycles. The van der Waals surface area contributed by atoms with Crippen LogP contribution in [0, 0.1) is 10.1 Å². The highest BCUT2D eigenvalue weighted by Crippen LogP contribution is 2.16. The summed E-state index contributed by atoms with van der Waals surface area (Å²) in [6.07, 6.45) is 0. The number of Topliss-reactive ketones (excluding diaryl/α,β-unsaturated/α-hetero) is 1. The Labute approximate surface area is 82.8 Å². The molecule has 0 fully saturated rings. The predicted molar refractivity (Wildman–Crippen MR) is 50.3 cm³/mol. The Hall–Kier alpha value is -1.23. The molecule has 1 rings (SSSR count). The van der Waals surface area contributed by atoms with Gasteiger partial charge in [0.25, 0.3) is 6.54 Å². The standard InChI is InChI=1S/C8H6BrNO3/c9-7-4-2-1-3-6(7)8(11)5-10(12)13/h1-4H,5H2. The number of rotatable bonds is 3. The van der Waals surface area contributed by atoms with Crippen molar-refractivity contribution in [2.75, 3.05) is 6.54 Å². The molecule has 0 bridgehead atoms. The maximum absolute atomic E-state index is 11.2. The van der Waals surface area contributed by atoms with E-state index in [0.717, 1.165) is 0 Å². The Morgan fingerprint density at radius 1 is 1.46 bits per heavy atom. The summed E-state index contributed by atoms with van der Waals surface area (Å²) >= 11 is 3.14. The predicted octanol–water partition coefficient (Wildman–Crippen LogP) is 1.91. The molecule has 0 unspecified atom stereocenters. The smallest absolute Gasteiger partial charge is 0.265 e. The lowest BCUT2D eigenvalue weighted by Crippen LogP contribution is -2.14. The third-order valence-corrected chi connectivity index (χ3v) is 2.14. The van der Waals surface area contributed by atoms with Gasteiger partial charge in [-0.05, 0) is 6.07 Å². The Balaban J connectivity index is 2.89. The molecule has 5 heteroatoms. The van der Waals surface area contributed by atoms with Gasteiger partial charge in [0.15, 0.2) is 0 Å². The Morgan fingerprint density at radius 3 is 2.62 bits per heavy atom. The zero-order valence-electron chi connectivity index (χ0n) is 6.57. The van der Waals surface area contributed by atoms with Crippen LogP contribution in [0.15, 0.2) is 28.7 Å². The quantitative estimate of drug-likeness (QED) is 0.463. The molecule has 0 amide bonds. The molecule has 1 aromatic rings. The van der Waals surface area contributed by atoms with Gasteiger partial charge in [0.2, 0.25) is 5.78 Å². The average Bonchev–Trinajstić information content (AvgIpc) is 2.03. The largest absolute Gasteiger partial charge is 0.287 e. The fraction of sp³-hybridized carbons (Fsp3) is 0.125. The summed E-state index contributed by atoms with van der Waals surface area (Å²) in [5.74, 6) is -0.488. The molecule has 0 N–H and O–H groups in total. The maximum atomic E-state index is 11.2. The molecular weight excluding hydrogens is 238 g/mol. The van der Waals surface area contributed by atoms with Crippen molar-refractivity contribution in [2.24, 2.45) is 0 Å². The first kappa shape index (κ1) is 9.85. The van der Waals surface area contributed by atoms with Crippen LogP contribution < -0.4 is 0 Å². The summed E-state index contributed by atoms with van der Waals surface area (Å²) in [6.45, 7) is -0.664. The second kappa shape index (κ2) is 4.13. The summed E-state index contributed by atoms with van der Waals surface area (Å²) in [5, 5.41) is 10.1. The van der Waals surface area contributed by atoms with Gasteiger partial charge in [0, 0.05) is 15.0 Å². The molecule has 13 heavy (non-hydrogen) atoms. The second-order valence-corrected chi connectivity index (χ2v) is 3.25. The number of nitrogens with zero attached hydrogens (tertiary/aromatic N) is 1. The minimum absolute atomic E-state index is 0.346. The van der Waals surface area contributed by atoms with Gasteiger partial charge < -0.3 is 0 Å². The van der Waals surface area contributed by atoms with E-state index in [1.54, 1.807) is 24.3 Å². The van der Waals surface area contributed by atoms with Gasteiger partial charge in [-0.25, -0.2) is 0 Å². The van der Waals surface area contributed by atoms with E-state index in [9.17, 15) is 14.9 Å². The van der Waals surface area contributed by atoms with Crippen LogP contribution in [0.5, 0.6) is 0 Å². The molecule has 0 atom stereocenters. The van der Waals surface area contributed by atoms with E-state index in [1.807, 2.05) is 0 Å². The normalized spacial score (nSPS) is 9.62. The van der Waals surface area contributed by atoms with Gasteiger partial charge in [0.1, 0.15) is 0 Å². The summed E-state index contributed by atoms with van der Waals surface area (Å²) in [6, 6.07) is 6.63. The van der Waals surface area contributed by atoms with E-state index in [4.69, 9.17) is 0 Å². The fourth-order valence-corrected chi connectivity index (χ4v) is 1.40. The van der Waals surface area contributed by atoms with Gasteiger partial charge >= 0.3 is 0 Å². The molecule has 0 saturated carbocycles. The average molecular weight is 244 g/mol. The van der Waals surface area contributed by atoms with E-state index < -0.39 is 17.3 Å². The van der Waals surface area contributed by atoms with Gasteiger partial charge in [0.05, 0.1) is 0 Å². The molecule has 0 aliphatic heterocycles. The minimum Gasteiger partial charge on any atom is -0.287 e. The van der Waals surface area contributed by atoms with Crippen LogP contribution in [0.4, 0.5) is 0 Å². The molecule has 0 aliphatic rings. The lowest BCUT2D eigenvalue weighted by Gasteiger charge is -1.98. The van der Waals surface area contributed by atoms with Crippen LogP contribution in [-0.2, 0) is 0 Å². The third kappa shape index (κ3) is 2.62. The van der Waals surface area contributed by atoms with Gasteiger partial charge in [-0.3, -0.25) is 14.9 Å². The Morgan fingerprint density at radius 2 is 2.08 bits per heavy atom. The van der Waals surface area contributed by atoms with E-state index in [-0.39, 0.29) is 0 Å². The Bertz CT molecular complexity index is 351. The monoisotopic (exact) mass is 243 g/mol. The number of carbonyl (C=O) groups is 1. The number of hydrogen-bond acceptors (Lipinski definition) is 3. The van der Waals surface area contributed by atoms with Crippen LogP contribution in [0.2, 0.25) is 0 Å². The van der Waals surface area contributed by atoms with Crippen molar-refractivity contribution in [1.82, 2.24) is 0 Å². The zero-order chi connectivity index (χ0) is 9.84. The molecule has 0 heterocycles. The summed E-state index contributed by atoms with van der Waals surface area (Å²) in [4.78, 5) is 20.6. The van der Waals surface area contributed by atoms with Crippen LogP contribution in [0.1, 0.15) is 10.4 Å². The zero-order valence-corrected chi connectivity index (χ0v) is 8.15. The molecule has 0 aromatic heterocycles. The summed E-state index contributed by atoms with van der Waals surface area (Å²) in [5.41, 5.74) is 0.346. The number of hydrogen-bond donors (Lipinski definition) is 0. The van der Waals surface area contributed by atoms with Crippen molar-refractivity contribution in [2.45, 2.75) is 0 Å². The van der Waals surface area contributed by atoms with Crippen molar-refractivity contribution >= 4 is 21.7 Å². The molecule has 0 aliphatic carbocycles. The molecule has 0 radical (unpaired) electrons. The van der Waals surface area contributed by atoms with E-state index in [2.05, 4.69) is 15.9 Å². The van der Waals surface area contributed by atoms with Crippen LogP contribution >= 0.6 is 15.9 Å². The van der Waals surface area contributed by atoms with Crippen LogP contribution in [-0.4, -0.2) is 17.3 Å². The number of benzene rings is 1. The summed E-state index contributed by atoms with van der Waals surface area (Å²) < 4.78 is 0.585. The van der Waals surface area contributed by atoms with Gasteiger partial charge in [-0.2, -0.15) is 0 Å². The summed E-state index contributed by atoms with van der Waals surface area (Å²) in [7, 11) is 0. The van der Waals surface area contributed by atoms with Crippen molar-refractivity contribution in [3.63, 3.8) is 0 Å². The molecule has 1 aromatic carbocycles. The highest BCUT2D eigenvalue weighted by atomic mass is 79.9. The van der Waals surface area contributed by atoms with Crippen molar-refractivity contribution in [3.05, 3.63) is 44.4 Å². The first-order valence-electron chi connectivity index (χ1n) is 3.51. The first-order chi connectivity index (χ1) is 6.11. The van der Waals surface area contributed by atoms with E-state index in [1.165, 1.54) is 0 Å². The van der Waals surface area contributed by atoms with Crippen LogP contribution in [0.25, 0.3) is 0 Å². The molecular formula is C8H6BrNO3. The molecule has 68 valence electrons. The third-order valence-electron chi connectivity index (χ3n) is 1.45. The topological polar surface area (TPSA) is 60.2 Å². The SMILES string of the molecule is O=C(C[N+](=O)[O-])c1ccccc1Br. The lowest BCUT2D eigenvalue weighted by molar-refractivity contribution is -0.465. The number of carbonyl (C=O) groups excluding carboxylic acids is 1. The number of halogens is 1. The van der Waals surface area contributed by atoms with Crippen molar-refractivity contribution < 1.29 is 9.72 Å². The van der Waals surface area contributed by atoms with Crippen molar-refractivity contribution in [1.29, 1.82) is 0 Å². The van der Waals surface area contributed by atoms with E-state index >= 15 is 0 Å². The van der Waals surface area contributed by atoms with Gasteiger partial charge in [-0.1, -0.05) is 34.1 Å². The first-order valence-corrected chi connectivity index (χ1v) is 4.30. The van der Waals surface area contributed by atoms with Crippen LogP contribution in [0.3, 0.4) is 0 Å². The van der Waals surface area contributed by atoms with Crippen molar-refractivity contribution in [3.8, 4) is 0 Å². The number of ketones is 1. The maximum Gasteiger partial charge on any atom is 0.265 e. The highest BCUT2D eigenvalue weighted by Gasteiger charge is 2.14.